The van der Waals surface area contributed by atoms with E-state index in [0.29, 0.717) is 5.69 Å². The quantitative estimate of drug-likeness (QED) is 0.386. The minimum absolute atomic E-state index is 0.117. The molecule has 0 aromatic heterocycles. The van der Waals surface area contributed by atoms with Crippen LogP contribution in [0.25, 0.3) is 0 Å². The zero-order valence-electron chi connectivity index (χ0n) is 17.1. The van der Waals surface area contributed by atoms with Crippen molar-refractivity contribution >= 4 is 43.8 Å². The number of nitrogens with zero attached hydrogens (tertiary/aromatic N) is 2. The van der Waals surface area contributed by atoms with Crippen molar-refractivity contribution in [3.8, 4) is 0 Å². The van der Waals surface area contributed by atoms with Crippen LogP contribution in [-0.4, -0.2) is 27.1 Å². The number of halogens is 1. The maximum absolute atomic E-state index is 13.4. The van der Waals surface area contributed by atoms with Crippen LogP contribution in [-0.2, 0) is 14.8 Å². The maximum Gasteiger partial charge on any atom is 0.264 e. The summed E-state index contributed by atoms with van der Waals surface area (Å²) < 4.78 is 28.7. The van der Waals surface area contributed by atoms with E-state index in [4.69, 9.17) is 0 Å². The minimum atomic E-state index is -3.96. The molecule has 0 aliphatic rings. The SMILES string of the molecule is Cc1ccc(S(=O)(=O)N(CC(=O)N/N=C\c2cccc(Br)c2)c2ccccc2C)cc1. The number of hydrazone groups is 1. The molecule has 0 spiro atoms. The molecule has 0 bridgehead atoms. The topological polar surface area (TPSA) is 78.8 Å². The number of rotatable bonds is 7. The number of amides is 1. The van der Waals surface area contributed by atoms with Crippen LogP contribution in [0.5, 0.6) is 0 Å². The number of anilines is 1. The first-order valence-corrected chi connectivity index (χ1v) is 11.7. The number of hydrogen-bond donors (Lipinski definition) is 1. The second-order valence-corrected chi connectivity index (χ2v) is 9.74. The van der Waals surface area contributed by atoms with Crippen LogP contribution in [0.15, 0.2) is 87.3 Å². The van der Waals surface area contributed by atoms with Gasteiger partial charge in [-0.15, -0.1) is 0 Å². The van der Waals surface area contributed by atoms with Gasteiger partial charge in [-0.3, -0.25) is 9.10 Å². The molecular weight excluding hydrogens is 478 g/mol. The summed E-state index contributed by atoms with van der Waals surface area (Å²) in [6.07, 6.45) is 1.50. The van der Waals surface area contributed by atoms with Gasteiger partial charge in [-0.1, -0.05) is 64.0 Å². The molecule has 0 saturated carbocycles. The highest BCUT2D eigenvalue weighted by Gasteiger charge is 2.28. The van der Waals surface area contributed by atoms with Crippen molar-refractivity contribution in [1.29, 1.82) is 0 Å². The van der Waals surface area contributed by atoms with E-state index >= 15 is 0 Å². The minimum Gasteiger partial charge on any atom is -0.271 e. The van der Waals surface area contributed by atoms with Crippen LogP contribution in [0, 0.1) is 13.8 Å². The van der Waals surface area contributed by atoms with Crippen LogP contribution in [0.3, 0.4) is 0 Å². The molecule has 0 aliphatic heterocycles. The zero-order chi connectivity index (χ0) is 22.4. The van der Waals surface area contributed by atoms with Gasteiger partial charge < -0.3 is 0 Å². The molecule has 1 N–H and O–H groups in total. The lowest BCUT2D eigenvalue weighted by Gasteiger charge is -2.25. The number of para-hydroxylation sites is 1. The van der Waals surface area contributed by atoms with E-state index in [1.807, 2.05) is 37.3 Å². The Balaban J connectivity index is 1.86. The zero-order valence-corrected chi connectivity index (χ0v) is 19.5. The van der Waals surface area contributed by atoms with Crippen LogP contribution < -0.4 is 9.73 Å². The molecule has 0 unspecified atom stereocenters. The van der Waals surface area contributed by atoms with E-state index in [2.05, 4.69) is 26.5 Å². The van der Waals surface area contributed by atoms with E-state index in [9.17, 15) is 13.2 Å². The van der Waals surface area contributed by atoms with Crippen molar-refractivity contribution in [1.82, 2.24) is 5.43 Å². The number of carbonyl (C=O) groups is 1. The Labute approximate surface area is 190 Å². The number of sulfonamides is 1. The number of hydrogen-bond acceptors (Lipinski definition) is 4. The molecule has 3 rings (SSSR count). The number of benzene rings is 3. The Morgan fingerprint density at radius 1 is 1.03 bits per heavy atom. The molecule has 0 fully saturated rings. The third kappa shape index (κ3) is 5.80. The molecule has 0 saturated heterocycles. The Kier molecular flexibility index (Phi) is 7.25. The van der Waals surface area contributed by atoms with Crippen molar-refractivity contribution < 1.29 is 13.2 Å². The van der Waals surface area contributed by atoms with Crippen LogP contribution in [0.1, 0.15) is 16.7 Å². The monoisotopic (exact) mass is 499 g/mol. The van der Waals surface area contributed by atoms with Gasteiger partial charge in [0.05, 0.1) is 16.8 Å². The fourth-order valence-electron chi connectivity index (χ4n) is 2.91. The largest absolute Gasteiger partial charge is 0.271 e. The van der Waals surface area contributed by atoms with Crippen molar-refractivity contribution in [3.63, 3.8) is 0 Å². The van der Waals surface area contributed by atoms with Gasteiger partial charge in [0.1, 0.15) is 6.54 Å². The Morgan fingerprint density at radius 2 is 1.74 bits per heavy atom. The first-order chi connectivity index (χ1) is 14.8. The maximum atomic E-state index is 13.4. The first-order valence-electron chi connectivity index (χ1n) is 9.50. The van der Waals surface area contributed by atoms with Crippen LogP contribution in [0.4, 0.5) is 5.69 Å². The molecule has 6 nitrogen and oxygen atoms in total. The summed E-state index contributed by atoms with van der Waals surface area (Å²) >= 11 is 3.37. The standard InChI is InChI=1S/C23H22BrN3O3S/c1-17-10-12-21(13-11-17)31(29,30)27(22-9-4-3-6-18(22)2)16-23(28)26-25-15-19-7-5-8-20(24)14-19/h3-15H,16H2,1-2H3,(H,26,28)/b25-15-. The van der Waals surface area contributed by atoms with Crippen molar-refractivity contribution in [3.05, 3.63) is 94.0 Å². The molecule has 0 radical (unpaired) electrons. The highest BCUT2D eigenvalue weighted by Crippen LogP contribution is 2.26. The van der Waals surface area contributed by atoms with E-state index in [-0.39, 0.29) is 4.90 Å². The average Bonchev–Trinajstić information content (AvgIpc) is 2.73. The lowest BCUT2D eigenvalue weighted by atomic mass is 10.2. The molecule has 3 aromatic rings. The third-order valence-electron chi connectivity index (χ3n) is 4.53. The second kappa shape index (κ2) is 9.89. The van der Waals surface area contributed by atoms with E-state index in [1.165, 1.54) is 6.21 Å². The second-order valence-electron chi connectivity index (χ2n) is 6.96. The van der Waals surface area contributed by atoms with Crippen molar-refractivity contribution in [2.45, 2.75) is 18.7 Å². The Bertz CT molecular complexity index is 1210. The average molecular weight is 500 g/mol. The summed E-state index contributed by atoms with van der Waals surface area (Å²) in [7, 11) is -3.96. The molecule has 0 heterocycles. The van der Waals surface area contributed by atoms with E-state index in [0.717, 1.165) is 25.5 Å². The molecule has 3 aromatic carbocycles. The summed E-state index contributed by atoms with van der Waals surface area (Å²) in [5.41, 5.74) is 5.33. The summed E-state index contributed by atoms with van der Waals surface area (Å²) in [5, 5.41) is 3.95. The molecule has 0 aliphatic carbocycles. The smallest absolute Gasteiger partial charge is 0.264 e. The van der Waals surface area contributed by atoms with Gasteiger partial charge in [-0.05, 0) is 55.3 Å². The Morgan fingerprint density at radius 3 is 2.42 bits per heavy atom. The highest BCUT2D eigenvalue weighted by molar-refractivity contribution is 9.10. The van der Waals surface area contributed by atoms with Crippen molar-refractivity contribution in [2.75, 3.05) is 10.8 Å². The van der Waals surface area contributed by atoms with E-state index < -0.39 is 22.5 Å². The fourth-order valence-corrected chi connectivity index (χ4v) is 4.81. The molecule has 0 atom stereocenters. The van der Waals surface area contributed by atoms with Gasteiger partial charge in [0.15, 0.2) is 0 Å². The molecule has 31 heavy (non-hydrogen) atoms. The van der Waals surface area contributed by atoms with Gasteiger partial charge in [-0.25, -0.2) is 13.8 Å². The lowest BCUT2D eigenvalue weighted by molar-refractivity contribution is -0.119. The van der Waals surface area contributed by atoms with Crippen LogP contribution >= 0.6 is 15.9 Å². The van der Waals surface area contributed by atoms with Gasteiger partial charge in [0.25, 0.3) is 15.9 Å². The lowest BCUT2D eigenvalue weighted by Crippen LogP contribution is -2.40. The third-order valence-corrected chi connectivity index (χ3v) is 6.80. The summed E-state index contributed by atoms with van der Waals surface area (Å²) in [6, 6.07) is 21.0. The number of aryl methyl sites for hydroxylation is 2. The molecule has 160 valence electrons. The predicted octanol–water partition coefficient (Wildman–Crippen LogP) is 4.41. The molecular formula is C23H22BrN3O3S. The predicted molar refractivity (Wildman–Crippen MR) is 127 cm³/mol. The van der Waals surface area contributed by atoms with Gasteiger partial charge in [0.2, 0.25) is 0 Å². The Hall–Kier alpha value is -2.97. The summed E-state index contributed by atoms with van der Waals surface area (Å²) in [6.45, 7) is 3.28. The van der Waals surface area contributed by atoms with Crippen LogP contribution in [0.2, 0.25) is 0 Å². The summed E-state index contributed by atoms with van der Waals surface area (Å²) in [5.74, 6) is -0.551. The van der Waals surface area contributed by atoms with Gasteiger partial charge in [-0.2, -0.15) is 5.10 Å². The van der Waals surface area contributed by atoms with E-state index in [1.54, 1.807) is 49.4 Å². The highest BCUT2D eigenvalue weighted by atomic mass is 79.9. The first kappa shape index (κ1) is 22.7. The van der Waals surface area contributed by atoms with Gasteiger partial charge in [0, 0.05) is 4.47 Å². The number of nitrogens with one attached hydrogen (secondary N) is 1. The summed E-state index contributed by atoms with van der Waals surface area (Å²) in [4.78, 5) is 12.7. The molecule has 8 heteroatoms. The molecule has 1 amide bonds. The van der Waals surface area contributed by atoms with Gasteiger partial charge >= 0.3 is 0 Å². The normalized spacial score (nSPS) is 11.5. The fraction of sp³-hybridized carbons (Fsp3) is 0.130. The van der Waals surface area contributed by atoms with Crippen molar-refractivity contribution in [2.24, 2.45) is 5.10 Å². The number of carbonyl (C=O) groups excluding carboxylic acids is 1.